The monoisotopic (exact) mass is 369 g/mol. The van der Waals surface area contributed by atoms with Gasteiger partial charge in [-0.3, -0.25) is 4.79 Å². The van der Waals surface area contributed by atoms with Crippen LogP contribution < -0.4 is 5.32 Å². The lowest BCUT2D eigenvalue weighted by atomic mass is 10.2. The van der Waals surface area contributed by atoms with Gasteiger partial charge in [0.25, 0.3) is 5.91 Å². The van der Waals surface area contributed by atoms with Crippen molar-refractivity contribution in [2.75, 3.05) is 12.4 Å². The van der Waals surface area contributed by atoms with Gasteiger partial charge in [0, 0.05) is 10.1 Å². The Morgan fingerprint density at radius 2 is 2.04 bits per heavy atom. The first kappa shape index (κ1) is 15.9. The van der Waals surface area contributed by atoms with Gasteiger partial charge in [-0.25, -0.2) is 9.18 Å². The minimum absolute atomic E-state index is 0.0652. The summed E-state index contributed by atoms with van der Waals surface area (Å²) in [5.41, 5.74) is 0.334. The normalized spacial score (nSPS) is 10.7. The summed E-state index contributed by atoms with van der Waals surface area (Å²) in [5, 5.41) is 4.57. The van der Waals surface area contributed by atoms with E-state index in [4.69, 9.17) is 11.6 Å². The van der Waals surface area contributed by atoms with Crippen molar-refractivity contribution in [2.45, 2.75) is 0 Å². The molecule has 0 aliphatic carbocycles. The number of ether oxygens (including phenoxy) is 1. The SMILES string of the molecule is COC(=O)c1sccc1NC(=O)c1sc2cccc(F)c2c1Cl. The molecule has 0 atom stereocenters. The number of hydrogen-bond acceptors (Lipinski definition) is 5. The number of halogens is 2. The molecule has 0 unspecified atom stereocenters. The summed E-state index contributed by atoms with van der Waals surface area (Å²) in [6, 6.07) is 6.13. The van der Waals surface area contributed by atoms with Crippen molar-refractivity contribution in [1.82, 2.24) is 0 Å². The van der Waals surface area contributed by atoms with E-state index in [0.717, 1.165) is 22.7 Å². The Balaban J connectivity index is 1.96. The number of carbonyl (C=O) groups excluding carboxylic acids is 2. The zero-order chi connectivity index (χ0) is 16.6. The van der Waals surface area contributed by atoms with Crippen LogP contribution in [0.25, 0.3) is 10.1 Å². The van der Waals surface area contributed by atoms with Gasteiger partial charge in [-0.1, -0.05) is 17.7 Å². The van der Waals surface area contributed by atoms with Gasteiger partial charge in [-0.05, 0) is 23.6 Å². The maximum atomic E-state index is 13.8. The summed E-state index contributed by atoms with van der Waals surface area (Å²) in [5.74, 6) is -1.52. The van der Waals surface area contributed by atoms with Gasteiger partial charge in [0.2, 0.25) is 0 Å². The molecular weight excluding hydrogens is 361 g/mol. The number of methoxy groups -OCH3 is 1. The van der Waals surface area contributed by atoms with Crippen LogP contribution in [-0.2, 0) is 4.74 Å². The van der Waals surface area contributed by atoms with Crippen LogP contribution in [0.2, 0.25) is 5.02 Å². The van der Waals surface area contributed by atoms with Crippen molar-refractivity contribution >= 4 is 61.9 Å². The van der Waals surface area contributed by atoms with E-state index in [-0.39, 0.29) is 20.2 Å². The van der Waals surface area contributed by atoms with Crippen molar-refractivity contribution in [3.63, 3.8) is 0 Å². The van der Waals surface area contributed by atoms with Crippen LogP contribution in [0.5, 0.6) is 0 Å². The number of thiophene rings is 2. The molecule has 0 aliphatic rings. The third kappa shape index (κ3) is 2.83. The third-order valence-electron chi connectivity index (χ3n) is 3.10. The molecule has 2 heterocycles. The summed E-state index contributed by atoms with van der Waals surface area (Å²) in [4.78, 5) is 24.5. The van der Waals surface area contributed by atoms with Crippen LogP contribution in [-0.4, -0.2) is 19.0 Å². The van der Waals surface area contributed by atoms with Gasteiger partial charge >= 0.3 is 5.97 Å². The second kappa shape index (κ2) is 6.27. The van der Waals surface area contributed by atoms with E-state index >= 15 is 0 Å². The lowest BCUT2D eigenvalue weighted by Crippen LogP contribution is -2.13. The average Bonchev–Trinajstić information content (AvgIpc) is 3.12. The maximum absolute atomic E-state index is 13.8. The maximum Gasteiger partial charge on any atom is 0.350 e. The lowest BCUT2D eigenvalue weighted by Gasteiger charge is -2.04. The van der Waals surface area contributed by atoms with Gasteiger partial charge in [-0.15, -0.1) is 22.7 Å². The third-order valence-corrected chi connectivity index (χ3v) is 5.63. The number of amides is 1. The highest BCUT2D eigenvalue weighted by Crippen LogP contribution is 2.37. The van der Waals surface area contributed by atoms with E-state index in [1.807, 2.05) is 0 Å². The van der Waals surface area contributed by atoms with Gasteiger partial charge in [0.05, 0.1) is 17.8 Å². The summed E-state index contributed by atoms with van der Waals surface area (Å²) >= 11 is 8.39. The fourth-order valence-electron chi connectivity index (χ4n) is 2.05. The van der Waals surface area contributed by atoms with Crippen LogP contribution in [0.4, 0.5) is 10.1 Å². The number of hydrogen-bond donors (Lipinski definition) is 1. The van der Waals surface area contributed by atoms with E-state index in [1.165, 1.54) is 13.2 Å². The summed E-state index contributed by atoms with van der Waals surface area (Å²) in [6.45, 7) is 0. The van der Waals surface area contributed by atoms with Crippen molar-refractivity contribution in [3.05, 3.63) is 50.2 Å². The largest absolute Gasteiger partial charge is 0.465 e. The molecule has 3 rings (SSSR count). The Morgan fingerprint density at radius 3 is 2.74 bits per heavy atom. The molecule has 0 fully saturated rings. The van der Waals surface area contributed by atoms with Crippen molar-refractivity contribution in [3.8, 4) is 0 Å². The Kier molecular flexibility index (Phi) is 4.34. The van der Waals surface area contributed by atoms with Crippen molar-refractivity contribution in [2.24, 2.45) is 0 Å². The minimum atomic E-state index is -0.538. The number of rotatable bonds is 3. The molecule has 23 heavy (non-hydrogen) atoms. The highest BCUT2D eigenvalue weighted by atomic mass is 35.5. The number of nitrogens with one attached hydrogen (secondary N) is 1. The predicted molar refractivity (Wildman–Crippen MR) is 90.4 cm³/mol. The zero-order valence-corrected chi connectivity index (χ0v) is 14.1. The van der Waals surface area contributed by atoms with Gasteiger partial charge in [0.15, 0.2) is 0 Å². The molecule has 8 heteroatoms. The van der Waals surface area contributed by atoms with E-state index in [9.17, 15) is 14.0 Å². The second-order valence-electron chi connectivity index (χ2n) is 4.47. The fourth-order valence-corrected chi connectivity index (χ4v) is 4.27. The lowest BCUT2D eigenvalue weighted by molar-refractivity contribution is 0.0607. The Morgan fingerprint density at radius 1 is 1.26 bits per heavy atom. The van der Waals surface area contributed by atoms with Crippen LogP contribution in [0.3, 0.4) is 0 Å². The van der Waals surface area contributed by atoms with E-state index in [1.54, 1.807) is 23.6 Å². The van der Waals surface area contributed by atoms with E-state index in [2.05, 4.69) is 10.1 Å². The molecular formula is C15H9ClFNO3S2. The molecule has 118 valence electrons. The highest BCUT2D eigenvalue weighted by molar-refractivity contribution is 7.21. The number of fused-ring (bicyclic) bond motifs is 1. The van der Waals surface area contributed by atoms with E-state index in [0.29, 0.717) is 10.4 Å². The first-order chi connectivity index (χ1) is 11.0. The first-order valence-corrected chi connectivity index (χ1v) is 8.44. The average molecular weight is 370 g/mol. The van der Waals surface area contributed by atoms with E-state index < -0.39 is 17.7 Å². The molecule has 0 aliphatic heterocycles. The fraction of sp³-hybridized carbons (Fsp3) is 0.0667. The van der Waals surface area contributed by atoms with Gasteiger partial charge in [0.1, 0.15) is 15.6 Å². The predicted octanol–water partition coefficient (Wildman–Crippen LogP) is 4.79. The van der Waals surface area contributed by atoms with Gasteiger partial charge < -0.3 is 10.1 Å². The molecule has 2 aromatic heterocycles. The number of anilines is 1. The summed E-state index contributed by atoms with van der Waals surface area (Å²) in [7, 11) is 1.26. The Bertz CT molecular complexity index is 919. The molecule has 0 spiro atoms. The number of benzene rings is 1. The van der Waals surface area contributed by atoms with Gasteiger partial charge in [-0.2, -0.15) is 0 Å². The van der Waals surface area contributed by atoms with Crippen molar-refractivity contribution in [1.29, 1.82) is 0 Å². The number of carbonyl (C=O) groups is 2. The molecule has 1 N–H and O–H groups in total. The van der Waals surface area contributed by atoms with Crippen LogP contribution in [0.1, 0.15) is 19.3 Å². The van der Waals surface area contributed by atoms with Crippen molar-refractivity contribution < 1.29 is 18.7 Å². The highest BCUT2D eigenvalue weighted by Gasteiger charge is 2.22. The molecule has 1 amide bonds. The summed E-state index contributed by atoms with van der Waals surface area (Å²) in [6.07, 6.45) is 0. The Hall–Kier alpha value is -1.96. The molecule has 1 aromatic carbocycles. The quantitative estimate of drug-likeness (QED) is 0.675. The molecule has 0 saturated heterocycles. The number of esters is 1. The molecule has 3 aromatic rings. The van der Waals surface area contributed by atoms with Crippen LogP contribution in [0, 0.1) is 5.82 Å². The Labute approximate surface area is 143 Å². The smallest absolute Gasteiger partial charge is 0.350 e. The zero-order valence-electron chi connectivity index (χ0n) is 11.7. The molecule has 0 saturated carbocycles. The minimum Gasteiger partial charge on any atom is -0.465 e. The molecule has 0 radical (unpaired) electrons. The van der Waals surface area contributed by atoms with Crippen LogP contribution in [0.15, 0.2) is 29.6 Å². The molecule has 0 bridgehead atoms. The standard InChI is InChI=1S/C15H9ClFNO3S2/c1-21-15(20)12-8(5-6-22-12)18-14(19)13-11(16)10-7(17)3-2-4-9(10)23-13/h2-6H,1H3,(H,18,19). The topological polar surface area (TPSA) is 55.4 Å². The van der Waals surface area contributed by atoms with Crippen LogP contribution >= 0.6 is 34.3 Å². The first-order valence-electron chi connectivity index (χ1n) is 6.36. The summed E-state index contributed by atoms with van der Waals surface area (Å²) < 4.78 is 19.1. The molecule has 4 nitrogen and oxygen atoms in total. The second-order valence-corrected chi connectivity index (χ2v) is 6.81.